The predicted octanol–water partition coefficient (Wildman–Crippen LogP) is -8.25. The number of nitrogen functional groups attached to an aromatic ring is 1. The van der Waals surface area contributed by atoms with Crippen molar-refractivity contribution in [2.24, 2.45) is 0 Å². The SMILES string of the molecule is Nc1ccn([C@@H]2O[C@H](COP(=O)([O-])O[C@H]3O[C@H](CO)[C@@H](O)[C@H](O)[C@H]3O)[C@@H](O)[C@H]2O)c(=O)n1.[Li+]. The number of aliphatic hydroxyl groups is 6. The Kier molecular flexibility index (Phi) is 9.61. The molecule has 0 saturated carbocycles. The first-order valence-electron chi connectivity index (χ1n) is 9.26. The number of nitrogens with two attached hydrogens (primary N) is 1. The molecule has 0 spiro atoms. The topological polar surface area (TPSA) is 259 Å². The second-order valence-corrected chi connectivity index (χ2v) is 8.50. The van der Waals surface area contributed by atoms with Crippen molar-refractivity contribution in [1.82, 2.24) is 9.55 Å². The summed E-state index contributed by atoms with van der Waals surface area (Å²) in [6, 6.07) is 1.24. The number of aromatic nitrogens is 2. The summed E-state index contributed by atoms with van der Waals surface area (Å²) in [5.74, 6) is -0.0863. The Bertz CT molecular complexity index is 906. The fourth-order valence-electron chi connectivity index (χ4n) is 3.19. The van der Waals surface area contributed by atoms with Crippen molar-refractivity contribution in [3.63, 3.8) is 0 Å². The number of phosphoric ester groups is 1. The molecule has 10 atom stereocenters. The maximum absolute atomic E-state index is 12.1. The Hall–Kier alpha value is -0.933. The van der Waals surface area contributed by atoms with Crippen LogP contribution in [0.15, 0.2) is 17.1 Å². The van der Waals surface area contributed by atoms with Crippen LogP contribution in [-0.2, 0) is 23.1 Å². The molecule has 0 aliphatic carbocycles. The second kappa shape index (κ2) is 11.2. The summed E-state index contributed by atoms with van der Waals surface area (Å²) >= 11 is 0. The average molecular weight is 491 g/mol. The van der Waals surface area contributed by atoms with Crippen LogP contribution in [0, 0.1) is 0 Å². The summed E-state index contributed by atoms with van der Waals surface area (Å²) in [6.45, 7) is -1.68. The van der Waals surface area contributed by atoms with Gasteiger partial charge in [-0.15, -0.1) is 0 Å². The van der Waals surface area contributed by atoms with E-state index in [9.17, 15) is 39.8 Å². The van der Waals surface area contributed by atoms with Crippen LogP contribution >= 0.6 is 7.82 Å². The molecule has 33 heavy (non-hydrogen) atoms. The van der Waals surface area contributed by atoms with Gasteiger partial charge < -0.3 is 55.3 Å². The summed E-state index contributed by atoms with van der Waals surface area (Å²) < 4.78 is 32.4. The van der Waals surface area contributed by atoms with Crippen molar-refractivity contribution >= 4 is 13.6 Å². The number of ether oxygens (including phenoxy) is 2. The van der Waals surface area contributed by atoms with Gasteiger partial charge >= 0.3 is 24.6 Å². The number of hydrogen-bond acceptors (Lipinski definition) is 15. The van der Waals surface area contributed by atoms with E-state index in [-0.39, 0.29) is 24.7 Å². The van der Waals surface area contributed by atoms with Crippen molar-refractivity contribution in [3.05, 3.63) is 22.7 Å². The number of phosphoric acid groups is 1. The minimum Gasteiger partial charge on any atom is -0.756 e. The number of rotatable bonds is 7. The molecule has 3 heterocycles. The molecule has 0 aromatic carbocycles. The molecule has 18 heteroatoms. The van der Waals surface area contributed by atoms with E-state index in [0.717, 1.165) is 10.8 Å². The molecular formula is C15H23LiN3O13P. The summed E-state index contributed by atoms with van der Waals surface area (Å²) in [7, 11) is -5.27. The average Bonchev–Trinajstić information content (AvgIpc) is 3.01. The second-order valence-electron chi connectivity index (χ2n) is 7.13. The Labute approximate surface area is 197 Å². The van der Waals surface area contributed by atoms with E-state index < -0.39 is 82.0 Å². The molecule has 3 rings (SSSR count). The Balaban J connectivity index is 0.00000385. The van der Waals surface area contributed by atoms with Gasteiger partial charge in [-0.3, -0.25) is 13.7 Å². The van der Waals surface area contributed by atoms with Gasteiger partial charge in [-0.05, 0) is 6.07 Å². The molecule has 0 bridgehead atoms. The molecule has 2 aliphatic heterocycles. The zero-order valence-electron chi connectivity index (χ0n) is 17.2. The Morgan fingerprint density at radius 3 is 2.33 bits per heavy atom. The summed E-state index contributed by atoms with van der Waals surface area (Å²) in [5, 5.41) is 58.6. The van der Waals surface area contributed by atoms with Crippen LogP contribution in [0.1, 0.15) is 6.23 Å². The molecular weight excluding hydrogens is 468 g/mol. The van der Waals surface area contributed by atoms with Gasteiger partial charge in [-0.25, -0.2) is 4.79 Å². The molecule has 8 N–H and O–H groups in total. The van der Waals surface area contributed by atoms with Gasteiger partial charge in [0.2, 0.25) is 0 Å². The van der Waals surface area contributed by atoms with Crippen LogP contribution in [0.3, 0.4) is 0 Å². The van der Waals surface area contributed by atoms with Crippen LogP contribution in [-0.4, -0.2) is 102 Å². The number of anilines is 1. The van der Waals surface area contributed by atoms with Crippen LogP contribution in [0.4, 0.5) is 5.82 Å². The van der Waals surface area contributed by atoms with Crippen molar-refractivity contribution in [2.45, 2.75) is 55.2 Å². The fraction of sp³-hybridized carbons (Fsp3) is 0.733. The van der Waals surface area contributed by atoms with Crippen molar-refractivity contribution < 1.29 is 77.5 Å². The largest absolute Gasteiger partial charge is 1.00 e. The molecule has 1 unspecified atom stereocenters. The van der Waals surface area contributed by atoms with Crippen molar-refractivity contribution in [2.75, 3.05) is 18.9 Å². The first-order valence-corrected chi connectivity index (χ1v) is 10.7. The summed E-state index contributed by atoms with van der Waals surface area (Å²) in [6.07, 6.45) is -14.0. The maximum Gasteiger partial charge on any atom is 1.00 e. The van der Waals surface area contributed by atoms with Crippen LogP contribution < -0.4 is 35.2 Å². The third kappa shape index (κ3) is 6.20. The van der Waals surface area contributed by atoms with Gasteiger partial charge in [0.25, 0.3) is 7.82 Å². The molecule has 182 valence electrons. The number of nitrogens with zero attached hydrogens (tertiary/aromatic N) is 2. The molecule has 16 nitrogen and oxygen atoms in total. The normalized spacial score (nSPS) is 38.5. The summed E-state index contributed by atoms with van der Waals surface area (Å²) in [5.41, 5.74) is 4.50. The minimum atomic E-state index is -5.27. The number of aliphatic hydroxyl groups excluding tert-OH is 6. The third-order valence-corrected chi connectivity index (χ3v) is 5.87. The zero-order chi connectivity index (χ0) is 23.8. The zero-order valence-corrected chi connectivity index (χ0v) is 18.1. The molecule has 1 aromatic rings. The van der Waals surface area contributed by atoms with E-state index in [2.05, 4.69) is 14.0 Å². The first-order chi connectivity index (χ1) is 14.9. The fourth-order valence-corrected chi connectivity index (χ4v) is 4.01. The smallest absolute Gasteiger partial charge is 0.756 e. The standard InChI is InChI=1S/C15H24N3O13P.Li/c16-7-1-2-18(15(25)17-7)13-11(23)9(21)6(29-13)4-28-32(26,27)31-14-12(24)10(22)8(20)5(3-19)30-14;/h1-2,5-6,8-14,19-24H,3-4H2,(H,26,27)(H2,16,17,25);/q;+1/p-1/t5-,6-,8-,9-,10+,11-,12-,13-,14-;/m1./s1. The van der Waals surface area contributed by atoms with E-state index in [1.54, 1.807) is 0 Å². The number of hydrogen-bond donors (Lipinski definition) is 7. The molecule has 2 aliphatic rings. The minimum absolute atomic E-state index is 0. The van der Waals surface area contributed by atoms with E-state index in [4.69, 9.17) is 20.3 Å². The van der Waals surface area contributed by atoms with Crippen LogP contribution in [0.25, 0.3) is 0 Å². The quantitative estimate of drug-likeness (QED) is 0.138. The van der Waals surface area contributed by atoms with Crippen LogP contribution in [0.2, 0.25) is 0 Å². The van der Waals surface area contributed by atoms with E-state index in [1.165, 1.54) is 6.07 Å². The van der Waals surface area contributed by atoms with Crippen molar-refractivity contribution in [3.8, 4) is 0 Å². The van der Waals surface area contributed by atoms with Gasteiger partial charge in [0.05, 0.1) is 13.2 Å². The van der Waals surface area contributed by atoms with E-state index >= 15 is 0 Å². The summed E-state index contributed by atoms with van der Waals surface area (Å²) in [4.78, 5) is 27.5. The third-order valence-electron chi connectivity index (χ3n) is 4.94. The van der Waals surface area contributed by atoms with Crippen LogP contribution in [0.5, 0.6) is 0 Å². The Morgan fingerprint density at radius 2 is 1.73 bits per heavy atom. The van der Waals surface area contributed by atoms with Gasteiger partial charge in [-0.2, -0.15) is 4.98 Å². The molecule has 0 amide bonds. The molecule has 0 radical (unpaired) electrons. The van der Waals surface area contributed by atoms with Crippen molar-refractivity contribution in [1.29, 1.82) is 0 Å². The Morgan fingerprint density at radius 1 is 1.09 bits per heavy atom. The maximum atomic E-state index is 12.1. The molecule has 1 aromatic heterocycles. The van der Waals surface area contributed by atoms with Gasteiger partial charge in [-0.1, -0.05) is 0 Å². The van der Waals surface area contributed by atoms with E-state index in [0.29, 0.717) is 0 Å². The van der Waals surface area contributed by atoms with E-state index in [1.807, 2.05) is 0 Å². The van der Waals surface area contributed by atoms with Gasteiger partial charge in [0.1, 0.15) is 48.5 Å². The molecule has 2 saturated heterocycles. The predicted molar refractivity (Wildman–Crippen MR) is 97.2 cm³/mol. The first kappa shape index (κ1) is 28.3. The van der Waals surface area contributed by atoms with Gasteiger partial charge in [0.15, 0.2) is 12.5 Å². The molecule has 2 fully saturated rings. The van der Waals surface area contributed by atoms with Gasteiger partial charge in [0, 0.05) is 6.20 Å². The monoisotopic (exact) mass is 491 g/mol.